The standard InChI is InChI=1S/C17H28ClNO2/c1-16-6-12-5-13(7-16)9-17(8-12,11-16)15(20)19-14(3-4-18)10-21-2/h12-14H,3-11H2,1-2H3,(H,19,20). The van der Waals surface area contributed by atoms with E-state index < -0.39 is 0 Å². The van der Waals surface area contributed by atoms with Crippen molar-refractivity contribution < 1.29 is 9.53 Å². The van der Waals surface area contributed by atoms with E-state index in [1.807, 2.05) is 0 Å². The highest BCUT2D eigenvalue weighted by Crippen LogP contribution is 2.65. The summed E-state index contributed by atoms with van der Waals surface area (Å²) in [7, 11) is 1.68. The van der Waals surface area contributed by atoms with E-state index in [0.717, 1.165) is 37.5 Å². The van der Waals surface area contributed by atoms with Crippen LogP contribution in [0.5, 0.6) is 0 Å². The summed E-state index contributed by atoms with van der Waals surface area (Å²) in [5.74, 6) is 2.38. The highest BCUT2D eigenvalue weighted by molar-refractivity contribution is 6.17. The van der Waals surface area contributed by atoms with Crippen LogP contribution in [0.15, 0.2) is 0 Å². The molecule has 1 N–H and O–H groups in total. The Balaban J connectivity index is 1.71. The van der Waals surface area contributed by atoms with Gasteiger partial charge in [-0.25, -0.2) is 0 Å². The van der Waals surface area contributed by atoms with Gasteiger partial charge in [0.15, 0.2) is 0 Å². The van der Waals surface area contributed by atoms with Crippen molar-refractivity contribution in [2.45, 2.75) is 57.9 Å². The van der Waals surface area contributed by atoms with Crippen LogP contribution in [-0.2, 0) is 9.53 Å². The molecule has 4 bridgehead atoms. The van der Waals surface area contributed by atoms with E-state index in [0.29, 0.717) is 17.9 Å². The van der Waals surface area contributed by atoms with Crippen molar-refractivity contribution in [3.05, 3.63) is 0 Å². The average molecular weight is 314 g/mol. The topological polar surface area (TPSA) is 38.3 Å². The second-order valence-electron chi connectivity index (χ2n) is 8.16. The van der Waals surface area contributed by atoms with E-state index in [2.05, 4.69) is 12.2 Å². The minimum Gasteiger partial charge on any atom is -0.383 e. The molecule has 4 fully saturated rings. The zero-order valence-corrected chi connectivity index (χ0v) is 14.0. The van der Waals surface area contributed by atoms with Gasteiger partial charge >= 0.3 is 0 Å². The molecule has 0 aromatic carbocycles. The van der Waals surface area contributed by atoms with Gasteiger partial charge in [-0.2, -0.15) is 0 Å². The summed E-state index contributed by atoms with van der Waals surface area (Å²) in [6, 6.07) is 0.0563. The Morgan fingerprint density at radius 2 is 2.00 bits per heavy atom. The molecule has 0 aliphatic heterocycles. The number of methoxy groups -OCH3 is 1. The summed E-state index contributed by atoms with van der Waals surface area (Å²) in [5, 5.41) is 3.24. The fourth-order valence-corrected chi connectivity index (χ4v) is 6.12. The zero-order valence-electron chi connectivity index (χ0n) is 13.3. The third kappa shape index (κ3) is 2.96. The number of carbonyl (C=O) groups excluding carboxylic acids is 1. The summed E-state index contributed by atoms with van der Waals surface area (Å²) in [6.07, 6.45) is 8.09. The average Bonchev–Trinajstić information content (AvgIpc) is 2.36. The van der Waals surface area contributed by atoms with E-state index in [-0.39, 0.29) is 17.4 Å². The number of hydrogen-bond donors (Lipinski definition) is 1. The van der Waals surface area contributed by atoms with Gasteiger partial charge in [-0.1, -0.05) is 6.92 Å². The lowest BCUT2D eigenvalue weighted by Gasteiger charge is -2.60. The van der Waals surface area contributed by atoms with Gasteiger partial charge in [-0.05, 0) is 62.2 Å². The molecule has 0 aromatic rings. The first-order valence-electron chi connectivity index (χ1n) is 8.34. The molecule has 4 heteroatoms. The van der Waals surface area contributed by atoms with E-state index in [4.69, 9.17) is 16.3 Å². The fourth-order valence-electron chi connectivity index (χ4n) is 5.85. The molecule has 0 heterocycles. The predicted molar refractivity (Wildman–Crippen MR) is 84.4 cm³/mol. The molecule has 4 aliphatic carbocycles. The molecule has 21 heavy (non-hydrogen) atoms. The largest absolute Gasteiger partial charge is 0.383 e. The van der Waals surface area contributed by atoms with Crippen molar-refractivity contribution >= 4 is 17.5 Å². The summed E-state index contributed by atoms with van der Waals surface area (Å²) in [5.41, 5.74) is 0.307. The number of hydrogen-bond acceptors (Lipinski definition) is 2. The quantitative estimate of drug-likeness (QED) is 0.764. The predicted octanol–water partition coefficient (Wildman–Crippen LogP) is 3.35. The molecule has 0 aromatic heterocycles. The van der Waals surface area contributed by atoms with Gasteiger partial charge in [0.1, 0.15) is 0 Å². The van der Waals surface area contributed by atoms with E-state index in [1.165, 1.54) is 19.3 Å². The van der Waals surface area contributed by atoms with Crippen LogP contribution in [0.1, 0.15) is 51.9 Å². The Kier molecular flexibility index (Phi) is 4.26. The van der Waals surface area contributed by atoms with Gasteiger partial charge in [0, 0.05) is 13.0 Å². The zero-order chi connectivity index (χ0) is 15.1. The lowest BCUT2D eigenvalue weighted by Crippen LogP contribution is -2.58. The van der Waals surface area contributed by atoms with Crippen molar-refractivity contribution in [1.82, 2.24) is 5.32 Å². The summed E-state index contributed by atoms with van der Waals surface area (Å²) in [6.45, 7) is 2.95. The summed E-state index contributed by atoms with van der Waals surface area (Å²) in [4.78, 5) is 13.0. The first-order chi connectivity index (χ1) is 9.98. The van der Waals surface area contributed by atoms with E-state index in [9.17, 15) is 4.79 Å². The van der Waals surface area contributed by atoms with Crippen molar-refractivity contribution in [3.63, 3.8) is 0 Å². The van der Waals surface area contributed by atoms with Crippen LogP contribution in [0.25, 0.3) is 0 Å². The number of rotatable bonds is 6. The molecule has 0 spiro atoms. The van der Waals surface area contributed by atoms with Crippen molar-refractivity contribution in [2.75, 3.05) is 19.6 Å². The third-order valence-corrected chi connectivity index (χ3v) is 6.21. The minimum absolute atomic E-state index is 0.0563. The van der Waals surface area contributed by atoms with E-state index >= 15 is 0 Å². The van der Waals surface area contributed by atoms with Gasteiger partial charge < -0.3 is 10.1 Å². The number of amides is 1. The molecule has 120 valence electrons. The van der Waals surface area contributed by atoms with Crippen molar-refractivity contribution in [3.8, 4) is 0 Å². The fraction of sp³-hybridized carbons (Fsp3) is 0.941. The van der Waals surface area contributed by atoms with Gasteiger partial charge in [0.2, 0.25) is 5.91 Å². The Morgan fingerprint density at radius 1 is 1.33 bits per heavy atom. The molecular weight excluding hydrogens is 286 g/mol. The van der Waals surface area contributed by atoms with Crippen LogP contribution >= 0.6 is 11.6 Å². The first-order valence-corrected chi connectivity index (χ1v) is 8.88. The highest BCUT2D eigenvalue weighted by atomic mass is 35.5. The maximum Gasteiger partial charge on any atom is 0.226 e. The number of carbonyl (C=O) groups is 1. The Morgan fingerprint density at radius 3 is 2.52 bits per heavy atom. The SMILES string of the molecule is COCC(CCCl)NC(=O)C12CC3CC(CC(C)(C3)C1)C2. The lowest BCUT2D eigenvalue weighted by atomic mass is 9.44. The molecule has 3 nitrogen and oxygen atoms in total. The Labute approximate surface area is 133 Å². The lowest BCUT2D eigenvalue weighted by molar-refractivity contribution is -0.156. The second kappa shape index (κ2) is 5.73. The number of ether oxygens (including phenoxy) is 1. The molecule has 4 saturated carbocycles. The highest BCUT2D eigenvalue weighted by Gasteiger charge is 2.58. The van der Waals surface area contributed by atoms with Crippen LogP contribution in [0.3, 0.4) is 0 Å². The van der Waals surface area contributed by atoms with Crippen LogP contribution in [0.4, 0.5) is 0 Å². The monoisotopic (exact) mass is 313 g/mol. The second-order valence-corrected chi connectivity index (χ2v) is 8.53. The number of halogens is 1. The molecular formula is C17H28ClNO2. The van der Waals surface area contributed by atoms with Crippen LogP contribution < -0.4 is 5.32 Å². The molecule has 3 atom stereocenters. The minimum atomic E-state index is -0.100. The number of nitrogens with one attached hydrogen (secondary N) is 1. The first kappa shape index (κ1) is 15.6. The molecule has 4 aliphatic rings. The van der Waals surface area contributed by atoms with Crippen molar-refractivity contribution in [2.24, 2.45) is 22.7 Å². The normalized spacial score (nSPS) is 42.0. The van der Waals surface area contributed by atoms with Gasteiger partial charge in [0.25, 0.3) is 0 Å². The smallest absolute Gasteiger partial charge is 0.226 e. The van der Waals surface area contributed by atoms with Crippen LogP contribution in [0.2, 0.25) is 0 Å². The Bertz CT molecular complexity index is 392. The molecule has 1 amide bonds. The van der Waals surface area contributed by atoms with Crippen molar-refractivity contribution in [1.29, 1.82) is 0 Å². The summed E-state index contributed by atoms with van der Waals surface area (Å²) < 4.78 is 5.22. The maximum absolute atomic E-state index is 13.0. The molecule has 0 radical (unpaired) electrons. The van der Waals surface area contributed by atoms with Crippen LogP contribution in [0, 0.1) is 22.7 Å². The van der Waals surface area contributed by atoms with Gasteiger partial charge in [0.05, 0.1) is 18.1 Å². The molecule has 3 unspecified atom stereocenters. The number of alkyl halides is 1. The Hall–Kier alpha value is -0.280. The van der Waals surface area contributed by atoms with Gasteiger partial charge in [-0.15, -0.1) is 11.6 Å². The van der Waals surface area contributed by atoms with E-state index in [1.54, 1.807) is 7.11 Å². The summed E-state index contributed by atoms with van der Waals surface area (Å²) >= 11 is 5.85. The van der Waals surface area contributed by atoms with Gasteiger partial charge in [-0.3, -0.25) is 4.79 Å². The molecule has 0 saturated heterocycles. The molecule has 4 rings (SSSR count). The third-order valence-electron chi connectivity index (χ3n) is 6.00. The maximum atomic E-state index is 13.0. The van der Waals surface area contributed by atoms with Crippen LogP contribution in [-0.4, -0.2) is 31.5 Å².